The summed E-state index contributed by atoms with van der Waals surface area (Å²) in [4.78, 5) is 5.31. The van der Waals surface area contributed by atoms with Gasteiger partial charge < -0.3 is 10.1 Å². The molecular formula is C12H13FN2OS. The predicted molar refractivity (Wildman–Crippen MR) is 67.1 cm³/mol. The fourth-order valence-corrected chi connectivity index (χ4v) is 2.18. The lowest BCUT2D eigenvalue weighted by Crippen LogP contribution is -1.98. The lowest BCUT2D eigenvalue weighted by atomic mass is 10.3. The van der Waals surface area contributed by atoms with Gasteiger partial charge in [-0.1, -0.05) is 0 Å². The Morgan fingerprint density at radius 1 is 1.47 bits per heavy atom. The van der Waals surface area contributed by atoms with Crippen molar-refractivity contribution in [2.45, 2.75) is 13.5 Å². The second-order valence-corrected chi connectivity index (χ2v) is 4.87. The summed E-state index contributed by atoms with van der Waals surface area (Å²) >= 11 is 1.64. The first-order chi connectivity index (χ1) is 8.19. The van der Waals surface area contributed by atoms with Crippen LogP contribution in [0.15, 0.2) is 24.4 Å². The van der Waals surface area contributed by atoms with E-state index in [-0.39, 0.29) is 11.6 Å². The molecule has 0 unspecified atom stereocenters. The molecule has 0 aliphatic rings. The number of thiazole rings is 1. The van der Waals surface area contributed by atoms with Gasteiger partial charge in [0.25, 0.3) is 0 Å². The molecule has 0 radical (unpaired) electrons. The molecule has 1 aromatic carbocycles. The number of aromatic nitrogens is 1. The minimum absolute atomic E-state index is 0.246. The summed E-state index contributed by atoms with van der Waals surface area (Å²) in [7, 11) is 1.45. The lowest BCUT2D eigenvalue weighted by molar-refractivity contribution is 0.387. The smallest absolute Gasteiger partial charge is 0.165 e. The maximum atomic E-state index is 13.2. The molecular weight excluding hydrogens is 239 g/mol. The number of hydrogen-bond acceptors (Lipinski definition) is 4. The monoisotopic (exact) mass is 252 g/mol. The number of ether oxygens (including phenoxy) is 1. The van der Waals surface area contributed by atoms with Crippen molar-refractivity contribution in [1.82, 2.24) is 4.98 Å². The largest absolute Gasteiger partial charge is 0.494 e. The molecule has 1 aromatic heterocycles. The Hall–Kier alpha value is -1.62. The quantitative estimate of drug-likeness (QED) is 0.907. The van der Waals surface area contributed by atoms with E-state index in [0.717, 1.165) is 15.6 Å². The van der Waals surface area contributed by atoms with E-state index in [1.807, 2.05) is 13.1 Å². The molecule has 0 bridgehead atoms. The number of nitrogens with one attached hydrogen (secondary N) is 1. The molecule has 90 valence electrons. The zero-order valence-electron chi connectivity index (χ0n) is 9.66. The molecule has 0 spiro atoms. The Morgan fingerprint density at radius 2 is 2.29 bits per heavy atom. The number of anilines is 1. The van der Waals surface area contributed by atoms with Crippen LogP contribution in [-0.2, 0) is 6.54 Å². The maximum absolute atomic E-state index is 13.2. The molecule has 0 aliphatic carbocycles. The third-order valence-corrected chi connectivity index (χ3v) is 3.20. The van der Waals surface area contributed by atoms with E-state index in [0.29, 0.717) is 6.54 Å². The standard InChI is InChI=1S/C12H13FN2OS/c1-8-14-6-10(17-8)7-15-9-3-4-11(13)12(5-9)16-2/h3-6,15H,7H2,1-2H3. The fraction of sp³-hybridized carbons (Fsp3) is 0.250. The van der Waals surface area contributed by atoms with Crippen LogP contribution in [0, 0.1) is 12.7 Å². The van der Waals surface area contributed by atoms with Crippen LogP contribution < -0.4 is 10.1 Å². The molecule has 0 fully saturated rings. The van der Waals surface area contributed by atoms with E-state index in [2.05, 4.69) is 10.3 Å². The molecule has 0 saturated carbocycles. The second kappa shape index (κ2) is 5.14. The summed E-state index contributed by atoms with van der Waals surface area (Å²) in [6.07, 6.45) is 1.84. The first-order valence-corrected chi connectivity index (χ1v) is 5.99. The summed E-state index contributed by atoms with van der Waals surface area (Å²) in [6, 6.07) is 4.72. The number of nitrogens with zero attached hydrogens (tertiary/aromatic N) is 1. The van der Waals surface area contributed by atoms with Gasteiger partial charge in [-0.3, -0.25) is 0 Å². The fourth-order valence-electron chi connectivity index (χ4n) is 1.45. The van der Waals surface area contributed by atoms with Crippen LogP contribution in [-0.4, -0.2) is 12.1 Å². The van der Waals surface area contributed by atoms with Crippen LogP contribution in [0.3, 0.4) is 0 Å². The van der Waals surface area contributed by atoms with Crippen molar-refractivity contribution in [3.8, 4) is 5.75 Å². The van der Waals surface area contributed by atoms with Gasteiger partial charge in [0.2, 0.25) is 0 Å². The van der Waals surface area contributed by atoms with Gasteiger partial charge in [0.15, 0.2) is 11.6 Å². The Bertz CT molecular complexity index is 513. The molecule has 0 aliphatic heterocycles. The van der Waals surface area contributed by atoms with Crippen molar-refractivity contribution < 1.29 is 9.13 Å². The van der Waals surface area contributed by atoms with Crippen molar-refractivity contribution in [1.29, 1.82) is 0 Å². The van der Waals surface area contributed by atoms with E-state index < -0.39 is 0 Å². The zero-order chi connectivity index (χ0) is 12.3. The van der Waals surface area contributed by atoms with E-state index in [1.165, 1.54) is 13.2 Å². The minimum Gasteiger partial charge on any atom is -0.494 e. The molecule has 2 rings (SSSR count). The van der Waals surface area contributed by atoms with Gasteiger partial charge in [-0.05, 0) is 19.1 Å². The summed E-state index contributed by atoms with van der Waals surface area (Å²) in [5.74, 6) is -0.109. The van der Waals surface area contributed by atoms with Crippen molar-refractivity contribution in [2.24, 2.45) is 0 Å². The molecule has 2 aromatic rings. The van der Waals surface area contributed by atoms with Crippen LogP contribution in [0.1, 0.15) is 9.88 Å². The van der Waals surface area contributed by atoms with Crippen molar-refractivity contribution in [3.05, 3.63) is 40.1 Å². The summed E-state index contributed by atoms with van der Waals surface area (Å²) in [6.45, 7) is 2.65. The molecule has 1 N–H and O–H groups in total. The average molecular weight is 252 g/mol. The number of rotatable bonds is 4. The van der Waals surface area contributed by atoms with E-state index in [1.54, 1.807) is 23.5 Å². The minimum atomic E-state index is -0.355. The Balaban J connectivity index is 2.04. The van der Waals surface area contributed by atoms with Crippen LogP contribution in [0.5, 0.6) is 5.75 Å². The highest BCUT2D eigenvalue weighted by molar-refractivity contribution is 7.11. The highest BCUT2D eigenvalue weighted by atomic mass is 32.1. The number of methoxy groups -OCH3 is 1. The van der Waals surface area contributed by atoms with Crippen LogP contribution in [0.4, 0.5) is 10.1 Å². The Morgan fingerprint density at radius 3 is 2.94 bits per heavy atom. The number of benzene rings is 1. The van der Waals surface area contributed by atoms with Gasteiger partial charge in [0.1, 0.15) is 0 Å². The van der Waals surface area contributed by atoms with Crippen LogP contribution >= 0.6 is 11.3 Å². The van der Waals surface area contributed by atoms with Gasteiger partial charge in [-0.15, -0.1) is 11.3 Å². The maximum Gasteiger partial charge on any atom is 0.165 e. The molecule has 3 nitrogen and oxygen atoms in total. The highest BCUT2D eigenvalue weighted by Gasteiger charge is 2.04. The first-order valence-electron chi connectivity index (χ1n) is 5.18. The normalized spacial score (nSPS) is 10.3. The SMILES string of the molecule is COc1cc(NCc2cnc(C)s2)ccc1F. The molecule has 5 heteroatoms. The van der Waals surface area contributed by atoms with E-state index in [9.17, 15) is 4.39 Å². The van der Waals surface area contributed by atoms with Crippen molar-refractivity contribution in [2.75, 3.05) is 12.4 Å². The van der Waals surface area contributed by atoms with Gasteiger partial charge in [0.05, 0.1) is 18.7 Å². The van der Waals surface area contributed by atoms with Crippen LogP contribution in [0.2, 0.25) is 0 Å². The molecule has 0 atom stereocenters. The predicted octanol–water partition coefficient (Wildman–Crippen LogP) is 3.21. The summed E-state index contributed by atoms with van der Waals surface area (Å²) in [5.41, 5.74) is 0.828. The zero-order valence-corrected chi connectivity index (χ0v) is 10.5. The Kier molecular flexibility index (Phi) is 3.58. The second-order valence-electron chi connectivity index (χ2n) is 3.55. The van der Waals surface area contributed by atoms with Crippen molar-refractivity contribution >= 4 is 17.0 Å². The van der Waals surface area contributed by atoms with Gasteiger partial charge in [0, 0.05) is 22.8 Å². The van der Waals surface area contributed by atoms with E-state index >= 15 is 0 Å². The Labute approximate surface area is 103 Å². The highest BCUT2D eigenvalue weighted by Crippen LogP contribution is 2.22. The summed E-state index contributed by atoms with van der Waals surface area (Å²) in [5, 5.41) is 4.24. The average Bonchev–Trinajstić information content (AvgIpc) is 2.74. The van der Waals surface area contributed by atoms with E-state index in [4.69, 9.17) is 4.74 Å². The van der Waals surface area contributed by atoms with Crippen molar-refractivity contribution in [3.63, 3.8) is 0 Å². The topological polar surface area (TPSA) is 34.1 Å². The first kappa shape index (κ1) is 11.9. The third-order valence-electron chi connectivity index (χ3n) is 2.29. The van der Waals surface area contributed by atoms with Crippen LogP contribution in [0.25, 0.3) is 0 Å². The van der Waals surface area contributed by atoms with Gasteiger partial charge in [-0.25, -0.2) is 9.37 Å². The molecule has 17 heavy (non-hydrogen) atoms. The molecule has 0 saturated heterocycles. The lowest BCUT2D eigenvalue weighted by Gasteiger charge is -2.07. The molecule has 1 heterocycles. The van der Waals surface area contributed by atoms with Gasteiger partial charge >= 0.3 is 0 Å². The molecule has 0 amide bonds. The third kappa shape index (κ3) is 2.94. The number of aryl methyl sites for hydroxylation is 1. The van der Waals surface area contributed by atoms with Gasteiger partial charge in [-0.2, -0.15) is 0 Å². The number of halogens is 1. The number of hydrogen-bond donors (Lipinski definition) is 1. The summed E-state index contributed by atoms with van der Waals surface area (Å²) < 4.78 is 18.1.